The highest BCUT2D eigenvalue weighted by Gasteiger charge is 2.13. The number of aliphatic hydroxyl groups is 1. The van der Waals surface area contributed by atoms with Crippen molar-refractivity contribution in [3.8, 4) is 5.75 Å². The number of aryl methyl sites for hydroxylation is 2. The molecule has 1 unspecified atom stereocenters. The van der Waals surface area contributed by atoms with Gasteiger partial charge in [0, 0.05) is 25.7 Å². The normalized spacial score (nSPS) is 12.7. The van der Waals surface area contributed by atoms with Gasteiger partial charge < -0.3 is 15.2 Å². The Bertz CT molecular complexity index is 655. The minimum Gasteiger partial charge on any atom is -0.491 e. The summed E-state index contributed by atoms with van der Waals surface area (Å²) in [6.45, 7) is 6.87. The lowest BCUT2D eigenvalue weighted by molar-refractivity contribution is 0.173. The monoisotopic (exact) mass is 337 g/mol. The van der Waals surface area contributed by atoms with Gasteiger partial charge in [-0.15, -0.1) is 0 Å². The van der Waals surface area contributed by atoms with Crippen LogP contribution in [0.4, 0.5) is 0 Å². The van der Waals surface area contributed by atoms with Gasteiger partial charge in [0.05, 0.1) is 17.9 Å². The summed E-state index contributed by atoms with van der Waals surface area (Å²) < 4.78 is 7.30. The molecule has 0 saturated carbocycles. The highest BCUT2D eigenvalue weighted by molar-refractivity contribution is 6.30. The van der Waals surface area contributed by atoms with Gasteiger partial charge in [-0.3, -0.25) is 4.68 Å². The molecule has 0 radical (unpaired) electrons. The molecule has 23 heavy (non-hydrogen) atoms. The Morgan fingerprint density at radius 3 is 2.74 bits per heavy atom. The molecule has 0 bridgehead atoms. The van der Waals surface area contributed by atoms with E-state index in [9.17, 15) is 5.11 Å². The smallest absolute Gasteiger partial charge is 0.131 e. The fourth-order valence-electron chi connectivity index (χ4n) is 2.39. The van der Waals surface area contributed by atoms with Gasteiger partial charge in [0.1, 0.15) is 10.9 Å². The zero-order valence-corrected chi connectivity index (χ0v) is 14.8. The van der Waals surface area contributed by atoms with Gasteiger partial charge in [0.15, 0.2) is 0 Å². The SMILES string of the molecule is Cc1nn(C)c(Cl)c1CNCC(O)c1cccc(OC(C)C)c1. The van der Waals surface area contributed by atoms with E-state index in [4.69, 9.17) is 16.3 Å². The van der Waals surface area contributed by atoms with Crippen LogP contribution in [0.15, 0.2) is 24.3 Å². The van der Waals surface area contributed by atoms with Crippen LogP contribution in [0.2, 0.25) is 5.15 Å². The van der Waals surface area contributed by atoms with Crippen LogP contribution in [-0.2, 0) is 13.6 Å². The maximum absolute atomic E-state index is 10.3. The van der Waals surface area contributed by atoms with E-state index in [0.29, 0.717) is 18.2 Å². The van der Waals surface area contributed by atoms with Gasteiger partial charge in [-0.2, -0.15) is 5.10 Å². The van der Waals surface area contributed by atoms with Gasteiger partial charge in [-0.05, 0) is 38.5 Å². The van der Waals surface area contributed by atoms with Crippen LogP contribution in [0.1, 0.15) is 36.8 Å². The molecule has 126 valence electrons. The van der Waals surface area contributed by atoms with Crippen LogP contribution in [-0.4, -0.2) is 27.5 Å². The molecule has 0 spiro atoms. The standard InChI is InChI=1S/C17H24ClN3O2/c1-11(2)23-14-7-5-6-13(8-14)16(22)10-19-9-15-12(3)20-21(4)17(15)18/h5-8,11,16,19,22H,9-10H2,1-4H3. The topological polar surface area (TPSA) is 59.3 Å². The van der Waals surface area contributed by atoms with E-state index < -0.39 is 6.10 Å². The van der Waals surface area contributed by atoms with E-state index >= 15 is 0 Å². The van der Waals surface area contributed by atoms with Crippen molar-refractivity contribution in [3.05, 3.63) is 46.2 Å². The fraction of sp³-hybridized carbons (Fsp3) is 0.471. The largest absolute Gasteiger partial charge is 0.491 e. The summed E-state index contributed by atoms with van der Waals surface area (Å²) in [6, 6.07) is 7.54. The van der Waals surface area contributed by atoms with Crippen molar-refractivity contribution < 1.29 is 9.84 Å². The number of rotatable bonds is 7. The summed E-state index contributed by atoms with van der Waals surface area (Å²) in [4.78, 5) is 0. The zero-order valence-electron chi connectivity index (χ0n) is 14.0. The zero-order chi connectivity index (χ0) is 17.0. The summed E-state index contributed by atoms with van der Waals surface area (Å²) in [5, 5.41) is 18.4. The van der Waals surface area contributed by atoms with Gasteiger partial charge in [0.25, 0.3) is 0 Å². The van der Waals surface area contributed by atoms with E-state index in [-0.39, 0.29) is 6.10 Å². The van der Waals surface area contributed by atoms with Crippen molar-refractivity contribution >= 4 is 11.6 Å². The second-order valence-electron chi connectivity index (χ2n) is 5.86. The third kappa shape index (κ3) is 4.70. The van der Waals surface area contributed by atoms with Crippen molar-refractivity contribution in [2.75, 3.05) is 6.54 Å². The summed E-state index contributed by atoms with van der Waals surface area (Å²) in [7, 11) is 1.81. The molecule has 5 nitrogen and oxygen atoms in total. The number of benzene rings is 1. The summed E-state index contributed by atoms with van der Waals surface area (Å²) >= 11 is 6.20. The predicted octanol–water partition coefficient (Wildman–Crippen LogP) is 2.99. The molecular weight excluding hydrogens is 314 g/mol. The third-order valence-electron chi connectivity index (χ3n) is 3.52. The molecule has 0 aliphatic heterocycles. The molecule has 1 aromatic heterocycles. The molecule has 0 amide bonds. The molecule has 2 N–H and O–H groups in total. The number of nitrogens with zero attached hydrogens (tertiary/aromatic N) is 2. The van der Waals surface area contributed by atoms with Crippen LogP contribution < -0.4 is 10.1 Å². The number of ether oxygens (including phenoxy) is 1. The number of hydrogen-bond donors (Lipinski definition) is 2. The van der Waals surface area contributed by atoms with Crippen molar-refractivity contribution in [1.82, 2.24) is 15.1 Å². The number of nitrogens with one attached hydrogen (secondary N) is 1. The molecule has 0 fully saturated rings. The highest BCUT2D eigenvalue weighted by Crippen LogP contribution is 2.21. The van der Waals surface area contributed by atoms with Crippen LogP contribution in [0.25, 0.3) is 0 Å². The van der Waals surface area contributed by atoms with Crippen LogP contribution in [0, 0.1) is 6.92 Å². The first-order valence-electron chi connectivity index (χ1n) is 7.72. The van der Waals surface area contributed by atoms with Crippen molar-refractivity contribution in [2.45, 2.75) is 39.5 Å². The molecule has 1 heterocycles. The van der Waals surface area contributed by atoms with E-state index in [1.54, 1.807) is 4.68 Å². The Kier molecular flexibility index (Phi) is 6.04. The van der Waals surface area contributed by atoms with E-state index in [0.717, 1.165) is 22.6 Å². The fourth-order valence-corrected chi connectivity index (χ4v) is 2.64. The van der Waals surface area contributed by atoms with Crippen molar-refractivity contribution in [2.24, 2.45) is 7.05 Å². The molecule has 2 rings (SSSR count). The molecule has 2 aromatic rings. The quantitative estimate of drug-likeness (QED) is 0.815. The predicted molar refractivity (Wildman–Crippen MR) is 91.8 cm³/mol. The van der Waals surface area contributed by atoms with E-state index in [1.165, 1.54) is 0 Å². The van der Waals surface area contributed by atoms with Crippen LogP contribution in [0.3, 0.4) is 0 Å². The lowest BCUT2D eigenvalue weighted by Crippen LogP contribution is -2.21. The van der Waals surface area contributed by atoms with Gasteiger partial charge >= 0.3 is 0 Å². The summed E-state index contributed by atoms with van der Waals surface area (Å²) in [6.07, 6.45) is -0.502. The molecule has 0 saturated heterocycles. The average Bonchev–Trinajstić information content (AvgIpc) is 2.73. The maximum Gasteiger partial charge on any atom is 0.131 e. The van der Waals surface area contributed by atoms with Crippen molar-refractivity contribution in [3.63, 3.8) is 0 Å². The summed E-state index contributed by atoms with van der Waals surface area (Å²) in [5.74, 6) is 0.766. The number of hydrogen-bond acceptors (Lipinski definition) is 4. The van der Waals surface area contributed by atoms with Crippen LogP contribution in [0.5, 0.6) is 5.75 Å². The number of aromatic nitrogens is 2. The van der Waals surface area contributed by atoms with Crippen molar-refractivity contribution in [1.29, 1.82) is 0 Å². The van der Waals surface area contributed by atoms with Gasteiger partial charge in [-0.1, -0.05) is 23.7 Å². The Labute approximate surface area is 142 Å². The minimum atomic E-state index is -0.610. The second-order valence-corrected chi connectivity index (χ2v) is 6.22. The second kappa shape index (κ2) is 7.81. The average molecular weight is 338 g/mol. The molecular formula is C17H24ClN3O2. The number of halogens is 1. The Morgan fingerprint density at radius 1 is 1.39 bits per heavy atom. The Morgan fingerprint density at radius 2 is 2.13 bits per heavy atom. The van der Waals surface area contributed by atoms with Gasteiger partial charge in [-0.25, -0.2) is 0 Å². The first-order chi connectivity index (χ1) is 10.9. The van der Waals surface area contributed by atoms with Crippen LogP contribution >= 0.6 is 11.6 Å². The summed E-state index contributed by atoms with van der Waals surface area (Å²) in [5.41, 5.74) is 2.68. The van der Waals surface area contributed by atoms with Gasteiger partial charge in [0.2, 0.25) is 0 Å². The number of aliphatic hydroxyl groups excluding tert-OH is 1. The maximum atomic E-state index is 10.3. The minimum absolute atomic E-state index is 0.108. The Balaban J connectivity index is 1.93. The molecule has 0 aliphatic carbocycles. The molecule has 1 aromatic carbocycles. The first kappa shape index (κ1) is 17.8. The molecule has 0 aliphatic rings. The highest BCUT2D eigenvalue weighted by atomic mass is 35.5. The Hall–Kier alpha value is -1.56. The molecule has 1 atom stereocenters. The lowest BCUT2D eigenvalue weighted by Gasteiger charge is -2.15. The molecule has 6 heteroatoms. The third-order valence-corrected chi connectivity index (χ3v) is 4.00. The first-order valence-corrected chi connectivity index (χ1v) is 8.09. The lowest BCUT2D eigenvalue weighted by atomic mass is 10.1. The van der Waals surface area contributed by atoms with E-state index in [2.05, 4.69) is 10.4 Å². The van der Waals surface area contributed by atoms with E-state index in [1.807, 2.05) is 52.1 Å².